The fourth-order valence-corrected chi connectivity index (χ4v) is 6.12. The number of fused-ring (bicyclic) bond motifs is 2. The normalized spacial score (nSPS) is 17.9. The first kappa shape index (κ1) is 23.0. The maximum atomic E-state index is 2.45. The molecule has 180 valence electrons. The molecule has 0 saturated carbocycles. The van der Waals surface area contributed by atoms with Gasteiger partial charge in [0.05, 0.1) is 0 Å². The highest BCUT2D eigenvalue weighted by Gasteiger charge is 2.26. The van der Waals surface area contributed by atoms with Gasteiger partial charge in [0.2, 0.25) is 0 Å². The van der Waals surface area contributed by atoms with Crippen LogP contribution in [-0.2, 0) is 38.5 Å². The first-order valence-electron chi connectivity index (χ1n) is 13.8. The van der Waals surface area contributed by atoms with Crippen LogP contribution in [0.15, 0.2) is 108 Å². The van der Waals surface area contributed by atoms with Gasteiger partial charge in [0.25, 0.3) is 0 Å². The molecule has 1 unspecified atom stereocenters. The van der Waals surface area contributed by atoms with Crippen LogP contribution in [0, 0.1) is 5.92 Å². The van der Waals surface area contributed by atoms with Gasteiger partial charge in [-0.25, -0.2) is 0 Å². The molecule has 0 aromatic heterocycles. The fourth-order valence-electron chi connectivity index (χ4n) is 6.12. The second-order valence-corrected chi connectivity index (χ2v) is 10.7. The van der Waals surface area contributed by atoms with Crippen LogP contribution in [0.3, 0.4) is 0 Å². The van der Waals surface area contributed by atoms with Crippen LogP contribution >= 0.6 is 0 Å². The van der Waals surface area contributed by atoms with Gasteiger partial charge in [0.15, 0.2) is 0 Å². The van der Waals surface area contributed by atoms with Gasteiger partial charge in [-0.15, -0.1) is 0 Å². The summed E-state index contributed by atoms with van der Waals surface area (Å²) < 4.78 is 0. The molecule has 0 bridgehead atoms. The van der Waals surface area contributed by atoms with Crippen molar-refractivity contribution in [3.63, 3.8) is 0 Å². The maximum absolute atomic E-state index is 2.45. The Bertz CT molecular complexity index is 1360. The van der Waals surface area contributed by atoms with Crippen LogP contribution in [0.4, 0.5) is 0 Å². The summed E-state index contributed by atoms with van der Waals surface area (Å²) in [6.45, 7) is 2.21. The molecule has 36 heavy (non-hydrogen) atoms. The van der Waals surface area contributed by atoms with E-state index in [2.05, 4.69) is 104 Å². The van der Waals surface area contributed by atoms with Crippen molar-refractivity contribution in [2.75, 3.05) is 0 Å². The van der Waals surface area contributed by atoms with E-state index in [4.69, 9.17) is 0 Å². The van der Waals surface area contributed by atoms with E-state index >= 15 is 0 Å². The number of hydrogen-bond donors (Lipinski definition) is 0. The Kier molecular flexibility index (Phi) is 6.60. The molecule has 0 aliphatic heterocycles. The monoisotopic (exact) mass is 468 g/mol. The zero-order valence-electron chi connectivity index (χ0n) is 21.5. The van der Waals surface area contributed by atoms with Gasteiger partial charge in [0, 0.05) is 5.92 Å². The lowest BCUT2D eigenvalue weighted by atomic mass is 9.79. The zero-order valence-corrected chi connectivity index (χ0v) is 21.5. The molecule has 0 N–H and O–H groups in total. The van der Waals surface area contributed by atoms with Crippen molar-refractivity contribution in [1.29, 1.82) is 0 Å². The van der Waals surface area contributed by atoms with Gasteiger partial charge >= 0.3 is 0 Å². The van der Waals surface area contributed by atoms with E-state index in [1.54, 1.807) is 11.1 Å². The van der Waals surface area contributed by atoms with Gasteiger partial charge in [0.1, 0.15) is 0 Å². The Balaban J connectivity index is 1.11. The quantitative estimate of drug-likeness (QED) is 0.310. The lowest BCUT2D eigenvalue weighted by Gasteiger charge is -2.25. The van der Waals surface area contributed by atoms with E-state index in [1.165, 1.54) is 70.2 Å². The standard InChI is InChI=1S/C36H36/c1-2-26-12-14-27(15-13-26)6-3-7-28-16-18-29(19-17-28)24-32-22-23-35(36-11-5-10-34(32)36)33-21-20-30-8-4-9-31(30)25-33/h5,10-23,25,36H,2-4,6-9,24H2,1H3. The van der Waals surface area contributed by atoms with Gasteiger partial charge in [-0.2, -0.15) is 0 Å². The zero-order chi connectivity index (χ0) is 24.3. The lowest BCUT2D eigenvalue weighted by Crippen LogP contribution is -2.10. The highest BCUT2D eigenvalue weighted by molar-refractivity contribution is 5.79. The van der Waals surface area contributed by atoms with E-state index in [9.17, 15) is 0 Å². The van der Waals surface area contributed by atoms with Crippen LogP contribution in [0.2, 0.25) is 0 Å². The Morgan fingerprint density at radius 2 is 1.36 bits per heavy atom. The third-order valence-corrected chi connectivity index (χ3v) is 8.30. The van der Waals surface area contributed by atoms with Crippen molar-refractivity contribution >= 4 is 5.57 Å². The number of benzene rings is 3. The Labute approximate surface area is 216 Å². The number of rotatable bonds is 8. The van der Waals surface area contributed by atoms with Crippen molar-refractivity contribution < 1.29 is 0 Å². The Morgan fingerprint density at radius 1 is 0.667 bits per heavy atom. The van der Waals surface area contributed by atoms with Gasteiger partial charge < -0.3 is 0 Å². The molecule has 0 spiro atoms. The van der Waals surface area contributed by atoms with Crippen LogP contribution in [-0.4, -0.2) is 0 Å². The summed E-state index contributed by atoms with van der Waals surface area (Å²) in [6, 6.07) is 25.6. The second-order valence-electron chi connectivity index (χ2n) is 10.7. The summed E-state index contributed by atoms with van der Waals surface area (Å²) in [5, 5.41) is 0. The molecule has 3 aliphatic rings. The SMILES string of the molecule is CCc1ccc(CCCc2ccc(CC3=CC=C(c4ccc5c(c4)CCC5)C4C=CC=C34)cc2)cc1. The highest BCUT2D eigenvalue weighted by atomic mass is 14.3. The summed E-state index contributed by atoms with van der Waals surface area (Å²) in [5.74, 6) is 0.398. The summed E-state index contributed by atoms with van der Waals surface area (Å²) >= 11 is 0. The topological polar surface area (TPSA) is 0 Å². The minimum Gasteiger partial charge on any atom is -0.0726 e. The summed E-state index contributed by atoms with van der Waals surface area (Å²) in [5.41, 5.74) is 14.6. The smallest absolute Gasteiger partial charge is 0.0281 e. The average Bonchev–Trinajstić information content (AvgIpc) is 3.60. The second kappa shape index (κ2) is 10.3. The van der Waals surface area contributed by atoms with E-state index < -0.39 is 0 Å². The molecule has 0 saturated heterocycles. The van der Waals surface area contributed by atoms with Crippen molar-refractivity contribution in [1.82, 2.24) is 0 Å². The predicted octanol–water partition coefficient (Wildman–Crippen LogP) is 8.59. The molecule has 3 aromatic carbocycles. The number of aryl methyl sites for hydroxylation is 5. The molecule has 0 fully saturated rings. The maximum Gasteiger partial charge on any atom is 0.0281 e. The van der Waals surface area contributed by atoms with Gasteiger partial charge in [-0.1, -0.05) is 104 Å². The molecule has 6 rings (SSSR count). The van der Waals surface area contributed by atoms with Crippen LogP contribution in [0.1, 0.15) is 58.7 Å². The summed E-state index contributed by atoms with van der Waals surface area (Å²) in [6.07, 6.45) is 21.1. The van der Waals surface area contributed by atoms with E-state index in [1.807, 2.05) is 0 Å². The van der Waals surface area contributed by atoms with E-state index in [0.29, 0.717) is 5.92 Å². The van der Waals surface area contributed by atoms with Crippen molar-refractivity contribution in [3.05, 3.63) is 147 Å². The van der Waals surface area contributed by atoms with Crippen molar-refractivity contribution in [2.24, 2.45) is 5.92 Å². The molecule has 0 nitrogen and oxygen atoms in total. The molecule has 3 aliphatic carbocycles. The molecule has 0 heterocycles. The van der Waals surface area contributed by atoms with E-state index in [0.717, 1.165) is 25.7 Å². The molecular weight excluding hydrogens is 432 g/mol. The Morgan fingerprint density at radius 3 is 2.11 bits per heavy atom. The van der Waals surface area contributed by atoms with E-state index in [-0.39, 0.29) is 0 Å². The molecular formula is C36H36. The first-order valence-corrected chi connectivity index (χ1v) is 13.8. The predicted molar refractivity (Wildman–Crippen MR) is 153 cm³/mol. The van der Waals surface area contributed by atoms with Crippen LogP contribution in [0.25, 0.3) is 5.57 Å². The lowest BCUT2D eigenvalue weighted by molar-refractivity contribution is 0.819. The molecule has 0 amide bonds. The number of allylic oxidation sites excluding steroid dienone is 8. The van der Waals surface area contributed by atoms with Gasteiger partial charge in [-0.3, -0.25) is 0 Å². The van der Waals surface area contributed by atoms with Gasteiger partial charge in [-0.05, 0) is 107 Å². The Hall–Kier alpha value is -3.38. The first-order chi connectivity index (χ1) is 17.8. The van der Waals surface area contributed by atoms with Crippen molar-refractivity contribution in [3.8, 4) is 0 Å². The highest BCUT2D eigenvalue weighted by Crippen LogP contribution is 2.42. The fraction of sp³-hybridized carbons (Fsp3) is 0.278. The van der Waals surface area contributed by atoms with Crippen molar-refractivity contribution in [2.45, 2.75) is 58.3 Å². The molecule has 3 aromatic rings. The summed E-state index contributed by atoms with van der Waals surface area (Å²) in [7, 11) is 0. The number of hydrogen-bond acceptors (Lipinski definition) is 0. The van der Waals surface area contributed by atoms with Crippen LogP contribution < -0.4 is 0 Å². The third kappa shape index (κ3) is 4.82. The van der Waals surface area contributed by atoms with Crippen LogP contribution in [0.5, 0.6) is 0 Å². The minimum absolute atomic E-state index is 0.398. The largest absolute Gasteiger partial charge is 0.0726 e. The molecule has 0 radical (unpaired) electrons. The molecule has 0 heteroatoms. The average molecular weight is 469 g/mol. The third-order valence-electron chi connectivity index (χ3n) is 8.30. The minimum atomic E-state index is 0.398. The summed E-state index contributed by atoms with van der Waals surface area (Å²) in [4.78, 5) is 0. The molecule has 1 atom stereocenters.